The molecule has 0 heterocycles. The van der Waals surface area contributed by atoms with Crippen molar-refractivity contribution in [3.05, 3.63) is 0 Å². The highest BCUT2D eigenvalue weighted by molar-refractivity contribution is 7.47. The van der Waals surface area contributed by atoms with Crippen LogP contribution in [-0.2, 0) is 65.4 Å². The first-order valence-corrected chi connectivity index (χ1v) is 48.8. The summed E-state index contributed by atoms with van der Waals surface area (Å²) in [6, 6.07) is 0. The summed E-state index contributed by atoms with van der Waals surface area (Å²) < 4.78 is 69.0. The third-order valence-electron chi connectivity index (χ3n) is 21.5. The lowest BCUT2D eigenvalue weighted by molar-refractivity contribution is -0.161. The van der Waals surface area contributed by atoms with Crippen LogP contribution in [0, 0.1) is 23.7 Å². The molecule has 0 aliphatic heterocycles. The van der Waals surface area contributed by atoms with E-state index in [1.165, 1.54) is 263 Å². The van der Waals surface area contributed by atoms with Crippen LogP contribution < -0.4 is 0 Å². The van der Waals surface area contributed by atoms with E-state index >= 15 is 0 Å². The molecule has 0 saturated heterocycles. The van der Waals surface area contributed by atoms with Gasteiger partial charge in [0.1, 0.15) is 19.3 Å². The average Bonchev–Trinajstić information content (AvgIpc) is 0.901. The Bertz CT molecular complexity index is 2100. The van der Waals surface area contributed by atoms with E-state index in [9.17, 15) is 43.2 Å². The zero-order valence-corrected chi connectivity index (χ0v) is 73.3. The lowest BCUT2D eigenvalue weighted by Gasteiger charge is -2.21. The fourth-order valence-corrected chi connectivity index (χ4v) is 15.4. The van der Waals surface area contributed by atoms with E-state index < -0.39 is 97.5 Å². The lowest BCUT2D eigenvalue weighted by Crippen LogP contribution is -2.30. The molecule has 17 nitrogen and oxygen atoms in total. The summed E-state index contributed by atoms with van der Waals surface area (Å²) in [6.45, 7) is 14.4. The number of carbonyl (C=O) groups is 4. The quantitative estimate of drug-likeness (QED) is 0.0222. The molecule has 0 amide bonds. The van der Waals surface area contributed by atoms with Gasteiger partial charge < -0.3 is 33.8 Å². The van der Waals surface area contributed by atoms with E-state index in [0.29, 0.717) is 25.7 Å². The summed E-state index contributed by atoms with van der Waals surface area (Å²) >= 11 is 0. The van der Waals surface area contributed by atoms with E-state index in [2.05, 4.69) is 55.4 Å². The Kier molecular flexibility index (Phi) is 76.2. The van der Waals surface area contributed by atoms with Crippen molar-refractivity contribution < 1.29 is 80.2 Å². The molecular formula is C89H174O17P2. The largest absolute Gasteiger partial charge is 0.472 e. The number of aliphatic hydroxyl groups is 1. The molecule has 0 bridgehead atoms. The van der Waals surface area contributed by atoms with Crippen molar-refractivity contribution >= 4 is 39.5 Å². The molecule has 0 aliphatic rings. The SMILES string of the molecule is CCC(C)CCCCCCCCCCCCCCCCCCCCC(=O)O[C@H](COC(=O)CCCCCCCCCCCCCCCCCC(C)C)COP(=O)(O)OC[C@@H](O)COP(=O)(O)OC[C@@H](COC(=O)CCCCCCCCC(C)CC)OC(=O)CCCCCCCCCCCCCCCCCC(C)C. The Morgan fingerprint density at radius 1 is 0.259 bits per heavy atom. The average molecular weight is 1580 g/mol. The topological polar surface area (TPSA) is 237 Å². The number of phosphoric acid groups is 2. The molecule has 7 atom stereocenters. The third-order valence-corrected chi connectivity index (χ3v) is 23.4. The van der Waals surface area contributed by atoms with E-state index in [0.717, 1.165) is 120 Å². The highest BCUT2D eigenvalue weighted by Crippen LogP contribution is 2.45. The van der Waals surface area contributed by atoms with Crippen LogP contribution in [0.2, 0.25) is 0 Å². The van der Waals surface area contributed by atoms with Gasteiger partial charge in [-0.05, 0) is 49.4 Å². The van der Waals surface area contributed by atoms with Crippen LogP contribution >= 0.6 is 15.6 Å². The molecule has 0 aromatic carbocycles. The maximum Gasteiger partial charge on any atom is 0.472 e. The van der Waals surface area contributed by atoms with Gasteiger partial charge >= 0.3 is 39.5 Å². The maximum absolute atomic E-state index is 13.2. The number of phosphoric ester groups is 2. The molecule has 0 fully saturated rings. The summed E-state index contributed by atoms with van der Waals surface area (Å²) in [5, 5.41) is 10.7. The zero-order chi connectivity index (χ0) is 79.5. The van der Waals surface area contributed by atoms with Crippen LogP contribution in [0.3, 0.4) is 0 Å². The van der Waals surface area contributed by atoms with Crippen LogP contribution in [0.5, 0.6) is 0 Å². The Balaban J connectivity index is 5.23. The third kappa shape index (κ3) is 79.3. The van der Waals surface area contributed by atoms with Crippen molar-refractivity contribution in [3.8, 4) is 0 Å². The van der Waals surface area contributed by atoms with Gasteiger partial charge in [-0.15, -0.1) is 0 Å². The number of esters is 4. The van der Waals surface area contributed by atoms with Gasteiger partial charge in [0, 0.05) is 25.7 Å². The van der Waals surface area contributed by atoms with Gasteiger partial charge in [-0.25, -0.2) is 9.13 Å². The smallest absolute Gasteiger partial charge is 0.462 e. The Morgan fingerprint density at radius 2 is 0.444 bits per heavy atom. The number of aliphatic hydroxyl groups excluding tert-OH is 1. The Labute approximate surface area is 664 Å². The molecular weight excluding hydrogens is 1400 g/mol. The van der Waals surface area contributed by atoms with Gasteiger partial charge in [-0.3, -0.25) is 37.3 Å². The lowest BCUT2D eigenvalue weighted by atomic mass is 9.99. The summed E-state index contributed by atoms with van der Waals surface area (Å²) in [7, 11) is -9.93. The second-order valence-corrected chi connectivity index (χ2v) is 36.3. The minimum absolute atomic E-state index is 0.107. The molecule has 0 rings (SSSR count). The van der Waals surface area contributed by atoms with E-state index in [4.69, 9.17) is 37.0 Å². The molecule has 19 heteroatoms. The number of unbranched alkanes of at least 4 members (excludes halogenated alkanes) is 50. The maximum atomic E-state index is 13.2. The minimum atomic E-state index is -4.97. The van der Waals surface area contributed by atoms with Gasteiger partial charge in [-0.2, -0.15) is 0 Å². The second-order valence-electron chi connectivity index (χ2n) is 33.4. The standard InChI is InChI=1S/C89H174O17P2/c1-9-81(7)67-59-51-43-37-31-25-19-13-11-12-14-20-27-33-39-45-55-63-71-88(93)105-84(75-99-86(91)69-61-53-44-38-32-26-21-15-17-23-29-35-41-49-57-65-79(3)4)77-103-107(95,96)101-73-83(90)74-102-108(97,98)104-78-85(76-100-87(92)70-62-54-48-47-52-60-68-82(8)10-2)106-89(94)72-64-56-46-40-34-28-22-16-18-24-30-36-42-50-58-66-80(5)6/h79-85,90H,9-78H2,1-8H3,(H,95,96)(H,97,98)/t81?,82?,83-,84-,85-/m1/s1. The first-order valence-electron chi connectivity index (χ1n) is 45.8. The summed E-state index contributed by atoms with van der Waals surface area (Å²) in [6.07, 6.45) is 68.1. The fraction of sp³-hybridized carbons (Fsp3) is 0.955. The molecule has 4 unspecified atom stereocenters. The number of carbonyl (C=O) groups excluding carboxylic acids is 4. The van der Waals surface area contributed by atoms with Crippen molar-refractivity contribution in [2.45, 2.75) is 485 Å². The number of ether oxygens (including phenoxy) is 4. The van der Waals surface area contributed by atoms with E-state index in [1.807, 2.05) is 0 Å². The summed E-state index contributed by atoms with van der Waals surface area (Å²) in [5.41, 5.74) is 0. The van der Waals surface area contributed by atoms with Crippen LogP contribution in [0.4, 0.5) is 0 Å². The predicted molar refractivity (Wildman–Crippen MR) is 446 cm³/mol. The molecule has 642 valence electrons. The van der Waals surface area contributed by atoms with E-state index in [1.54, 1.807) is 0 Å². The van der Waals surface area contributed by atoms with Gasteiger partial charge in [0.15, 0.2) is 12.2 Å². The highest BCUT2D eigenvalue weighted by atomic mass is 31.2. The molecule has 0 radical (unpaired) electrons. The van der Waals surface area contributed by atoms with Crippen molar-refractivity contribution in [3.63, 3.8) is 0 Å². The highest BCUT2D eigenvalue weighted by Gasteiger charge is 2.31. The first kappa shape index (κ1) is 106. The van der Waals surface area contributed by atoms with Gasteiger partial charge in [0.05, 0.1) is 26.4 Å². The van der Waals surface area contributed by atoms with Crippen molar-refractivity contribution in [1.82, 2.24) is 0 Å². The number of hydrogen-bond donors (Lipinski definition) is 3. The molecule has 3 N–H and O–H groups in total. The predicted octanol–water partition coefficient (Wildman–Crippen LogP) is 27.1. The van der Waals surface area contributed by atoms with Crippen LogP contribution in [0.1, 0.15) is 466 Å². The molecule has 0 spiro atoms. The van der Waals surface area contributed by atoms with Crippen molar-refractivity contribution in [2.24, 2.45) is 23.7 Å². The molecule has 0 aromatic heterocycles. The van der Waals surface area contributed by atoms with Crippen LogP contribution in [-0.4, -0.2) is 96.7 Å². The Hall–Kier alpha value is -1.94. The first-order chi connectivity index (χ1) is 52.2. The van der Waals surface area contributed by atoms with Crippen LogP contribution in [0.15, 0.2) is 0 Å². The van der Waals surface area contributed by atoms with Crippen molar-refractivity contribution in [2.75, 3.05) is 39.6 Å². The fourth-order valence-electron chi connectivity index (χ4n) is 13.8. The van der Waals surface area contributed by atoms with Gasteiger partial charge in [0.2, 0.25) is 0 Å². The Morgan fingerprint density at radius 3 is 0.657 bits per heavy atom. The molecule has 0 aliphatic carbocycles. The van der Waals surface area contributed by atoms with Crippen molar-refractivity contribution in [1.29, 1.82) is 0 Å². The van der Waals surface area contributed by atoms with Gasteiger partial charge in [0.25, 0.3) is 0 Å². The molecule has 0 aromatic rings. The summed E-state index contributed by atoms with van der Waals surface area (Å²) in [4.78, 5) is 73.3. The van der Waals surface area contributed by atoms with E-state index in [-0.39, 0.29) is 25.7 Å². The summed E-state index contributed by atoms with van der Waals surface area (Å²) in [5.74, 6) is 1.11. The number of rotatable bonds is 86. The second kappa shape index (κ2) is 77.6. The molecule has 0 saturated carbocycles. The minimum Gasteiger partial charge on any atom is -0.462 e. The van der Waals surface area contributed by atoms with Crippen LogP contribution in [0.25, 0.3) is 0 Å². The zero-order valence-electron chi connectivity index (χ0n) is 71.5. The normalized spacial score (nSPS) is 14.4. The molecule has 108 heavy (non-hydrogen) atoms. The van der Waals surface area contributed by atoms with Gasteiger partial charge in [-0.1, -0.05) is 415 Å². The number of hydrogen-bond acceptors (Lipinski definition) is 15. The monoisotopic (exact) mass is 1580 g/mol.